The molecule has 0 atom stereocenters. The fraction of sp³-hybridized carbons (Fsp3) is 0.382. The van der Waals surface area contributed by atoms with E-state index in [2.05, 4.69) is 20.4 Å². The molecule has 16 heteroatoms. The third kappa shape index (κ3) is 7.72. The molecule has 0 bridgehead atoms. The number of aliphatic hydroxyl groups excluding tert-OH is 1. The first-order valence-corrected chi connectivity index (χ1v) is 16.4. The molecule has 0 radical (unpaired) electrons. The number of carbonyl (C=O) groups is 1. The third-order valence-corrected chi connectivity index (χ3v) is 8.91. The van der Waals surface area contributed by atoms with Gasteiger partial charge in [-0.2, -0.15) is 13.2 Å². The molecule has 1 aromatic heterocycles. The average molecular weight is 715 g/mol. The Labute approximate surface area is 291 Å². The minimum absolute atomic E-state index is 0.107. The zero-order valence-corrected chi connectivity index (χ0v) is 28.6. The van der Waals surface area contributed by atoms with Gasteiger partial charge in [0.25, 0.3) is 11.5 Å². The van der Waals surface area contributed by atoms with Crippen LogP contribution in [0.25, 0.3) is 11.4 Å². The Morgan fingerprint density at radius 3 is 2.54 bits per heavy atom. The molecule has 2 aliphatic heterocycles. The number of H-pyrrole nitrogens is 1. The summed E-state index contributed by atoms with van der Waals surface area (Å²) < 4.78 is 47.5. The lowest BCUT2D eigenvalue weighted by atomic mass is 9.99. The van der Waals surface area contributed by atoms with Crippen LogP contribution in [0, 0.1) is 5.41 Å². The Morgan fingerprint density at radius 2 is 1.90 bits per heavy atom. The Hall–Kier alpha value is -5.05. The van der Waals surface area contributed by atoms with Gasteiger partial charge in [-0.25, -0.2) is 14.6 Å². The van der Waals surface area contributed by atoms with Crippen LogP contribution in [0.4, 0.5) is 18.9 Å². The van der Waals surface area contributed by atoms with Gasteiger partial charge in [0.15, 0.2) is 11.6 Å². The van der Waals surface area contributed by atoms with Crippen molar-refractivity contribution in [3.05, 3.63) is 91.9 Å². The van der Waals surface area contributed by atoms with Gasteiger partial charge in [-0.05, 0) is 49.9 Å². The predicted octanol–water partition coefficient (Wildman–Crippen LogP) is 5.04. The maximum absolute atomic E-state index is 14.7. The van der Waals surface area contributed by atoms with Crippen molar-refractivity contribution >= 4 is 28.9 Å². The zero-order valence-electron chi connectivity index (χ0n) is 27.8. The van der Waals surface area contributed by atoms with Gasteiger partial charge >= 0.3 is 6.18 Å². The number of amides is 1. The highest BCUT2D eigenvalue weighted by atomic mass is 35.5. The number of nitrogens with one attached hydrogen (secondary N) is 3. The van der Waals surface area contributed by atoms with Crippen LogP contribution < -0.4 is 20.5 Å². The first-order chi connectivity index (χ1) is 23.8. The second-order valence-electron chi connectivity index (χ2n) is 11.8. The molecule has 0 saturated carbocycles. The summed E-state index contributed by atoms with van der Waals surface area (Å²) in [6.45, 7) is 4.36. The van der Waals surface area contributed by atoms with Crippen LogP contribution in [0.1, 0.15) is 42.7 Å². The highest BCUT2D eigenvalue weighted by molar-refractivity contribution is 6.31. The van der Waals surface area contributed by atoms with E-state index in [4.69, 9.17) is 21.7 Å². The number of aromatic amines is 1. The Balaban J connectivity index is 1.64. The maximum Gasteiger partial charge on any atom is 0.416 e. The van der Waals surface area contributed by atoms with Crippen LogP contribution in [-0.2, 0) is 30.4 Å². The van der Waals surface area contributed by atoms with E-state index >= 15 is 0 Å². The summed E-state index contributed by atoms with van der Waals surface area (Å²) >= 11 is 6.38. The van der Waals surface area contributed by atoms with Crippen molar-refractivity contribution in [3.8, 4) is 17.1 Å². The highest BCUT2D eigenvalue weighted by Crippen LogP contribution is 2.34. The fourth-order valence-corrected chi connectivity index (χ4v) is 6.17. The van der Waals surface area contributed by atoms with Crippen molar-refractivity contribution in [1.29, 1.82) is 5.41 Å². The normalized spacial score (nSPS) is 15.0. The van der Waals surface area contributed by atoms with E-state index in [-0.39, 0.29) is 66.2 Å². The quantitative estimate of drug-likeness (QED) is 0.144. The highest BCUT2D eigenvalue weighted by Gasteiger charge is 2.31. The molecule has 1 fully saturated rings. The maximum atomic E-state index is 14.7. The molecule has 4 N–H and O–H groups in total. The number of carbonyl (C=O) groups excluding carboxylic acids is 1. The number of hydrogen-bond donors (Lipinski definition) is 4. The van der Waals surface area contributed by atoms with Crippen LogP contribution in [0.2, 0.25) is 5.02 Å². The van der Waals surface area contributed by atoms with Crippen molar-refractivity contribution in [2.45, 2.75) is 45.8 Å². The summed E-state index contributed by atoms with van der Waals surface area (Å²) in [5.74, 6) is 0.0300. The molecule has 3 heterocycles. The summed E-state index contributed by atoms with van der Waals surface area (Å²) in [6, 6.07) is 8.50. The zero-order chi connectivity index (χ0) is 36.2. The van der Waals surface area contributed by atoms with E-state index in [1.54, 1.807) is 4.90 Å². The Morgan fingerprint density at radius 1 is 1.16 bits per heavy atom. The minimum Gasteiger partial charge on any atom is -0.504 e. The first kappa shape index (κ1) is 36.2. The van der Waals surface area contributed by atoms with E-state index in [1.807, 2.05) is 25.1 Å². The van der Waals surface area contributed by atoms with Crippen molar-refractivity contribution in [3.63, 3.8) is 0 Å². The smallest absolute Gasteiger partial charge is 0.416 e. The lowest BCUT2D eigenvalue weighted by Crippen LogP contribution is -2.51. The molecule has 266 valence electrons. The molecule has 2 aromatic carbocycles. The summed E-state index contributed by atoms with van der Waals surface area (Å²) in [4.78, 5) is 40.5. The number of fused-ring (bicyclic) bond motifs is 1. The molecule has 12 nitrogen and oxygen atoms in total. The molecular weight excluding hydrogens is 677 g/mol. The summed E-state index contributed by atoms with van der Waals surface area (Å²) in [5.41, 5.74) is 0.751. The van der Waals surface area contributed by atoms with Crippen molar-refractivity contribution < 1.29 is 27.8 Å². The number of piperazine rings is 1. The number of hydrogen-bond acceptors (Lipinski definition) is 9. The number of nitrogens with zero attached hydrogens (tertiary/aromatic N) is 5. The second kappa shape index (κ2) is 15.2. The molecule has 1 amide bonds. The lowest BCUT2D eigenvalue weighted by molar-refractivity contribution is -0.137. The molecule has 0 spiro atoms. The number of benzene rings is 2. The number of anilines is 1. The van der Waals surface area contributed by atoms with Crippen LogP contribution in [0.3, 0.4) is 0 Å². The molecule has 5 rings (SSSR count). The standard InChI is InChI=1S/C34H38ClF3N8O4/c1-4-26-29(44-12-14-45(15-13-44)32(48)28(40-3)30(47)20(2)39)33(49)46(18-21-10-11-22(17-25(21)35)34(36,37)38)43-31(42-19-41-26)24-7-5-9-27-23(24)8-6-16-50-27/h5,7,9-11,17,19,39-40,47H,4,6,8,12-16,18H2,1-3H3,(H,41,42,43)/b29-26?,30-28+,39-20?. The van der Waals surface area contributed by atoms with Gasteiger partial charge in [-0.1, -0.05) is 36.7 Å². The largest absolute Gasteiger partial charge is 0.504 e. The van der Waals surface area contributed by atoms with E-state index < -0.39 is 29.0 Å². The van der Waals surface area contributed by atoms with Crippen LogP contribution >= 0.6 is 11.6 Å². The summed E-state index contributed by atoms with van der Waals surface area (Å²) in [6.07, 6.45) is -1.42. The van der Waals surface area contributed by atoms with E-state index in [9.17, 15) is 27.9 Å². The molecule has 0 unspecified atom stereocenters. The van der Waals surface area contributed by atoms with Gasteiger partial charge < -0.3 is 30.4 Å². The SMILES string of the molecule is CCc1ncnc(-c2cccc3c2CCCO3)[nH]n(Cc2ccc(C(F)(F)F)cc2Cl)c(=O)c1N1CCN(C(=O)/C(NC)=C(\O)C(C)=N)CC1. The Bertz CT molecular complexity index is 1930. The number of likely N-dealkylation sites (N-methyl/N-ethyl adjacent to an activating group) is 1. The molecule has 0 aliphatic carbocycles. The molecule has 2 aliphatic rings. The van der Waals surface area contributed by atoms with Crippen LogP contribution in [-0.4, -0.2) is 81.2 Å². The monoisotopic (exact) mass is 714 g/mol. The van der Waals surface area contributed by atoms with Crippen molar-refractivity contribution in [1.82, 2.24) is 30.0 Å². The van der Waals surface area contributed by atoms with Crippen LogP contribution in [0.15, 0.2) is 59.0 Å². The van der Waals surface area contributed by atoms with E-state index in [1.165, 1.54) is 35.9 Å². The van der Waals surface area contributed by atoms with Gasteiger partial charge in [-0.15, -0.1) is 0 Å². The van der Waals surface area contributed by atoms with Gasteiger partial charge in [-0.3, -0.25) is 14.7 Å². The van der Waals surface area contributed by atoms with Crippen molar-refractivity contribution in [2.24, 2.45) is 0 Å². The molecular formula is C34H38ClF3N8O4. The van der Waals surface area contributed by atoms with Crippen molar-refractivity contribution in [2.75, 3.05) is 44.7 Å². The molecule has 50 heavy (non-hydrogen) atoms. The number of aryl methyl sites for hydroxylation is 1. The fourth-order valence-electron chi connectivity index (χ4n) is 5.93. The number of aromatic nitrogens is 4. The van der Waals surface area contributed by atoms with Crippen LogP contribution in [0.5, 0.6) is 5.75 Å². The third-order valence-electron chi connectivity index (χ3n) is 8.56. The molecule has 3 aromatic rings. The number of rotatable bonds is 8. The van der Waals surface area contributed by atoms with Gasteiger partial charge in [0.2, 0.25) is 0 Å². The van der Waals surface area contributed by atoms with E-state index in [0.29, 0.717) is 36.5 Å². The number of alkyl halides is 3. The summed E-state index contributed by atoms with van der Waals surface area (Å²) in [5, 5.41) is 23.7. The van der Waals surface area contributed by atoms with E-state index in [0.717, 1.165) is 24.1 Å². The Kier molecular flexibility index (Phi) is 11.0. The van der Waals surface area contributed by atoms with Gasteiger partial charge in [0.1, 0.15) is 23.5 Å². The van der Waals surface area contributed by atoms with Gasteiger partial charge in [0.05, 0.1) is 30.1 Å². The number of allylic oxidation sites excluding steroid dienone is 1. The minimum atomic E-state index is -4.60. The van der Waals surface area contributed by atoms with Gasteiger partial charge in [0, 0.05) is 49.4 Å². The number of ether oxygens (including phenoxy) is 1. The lowest BCUT2D eigenvalue weighted by Gasteiger charge is -2.36. The topological polar surface area (TPSA) is 152 Å². The molecule has 1 saturated heterocycles. The predicted molar refractivity (Wildman–Crippen MR) is 183 cm³/mol. The first-order valence-electron chi connectivity index (χ1n) is 16.1. The summed E-state index contributed by atoms with van der Waals surface area (Å²) in [7, 11) is 1.48. The number of halogens is 4. The second-order valence-corrected chi connectivity index (χ2v) is 12.2. The number of aliphatic hydroxyl groups is 1. The average Bonchev–Trinajstić information content (AvgIpc) is 3.16.